The average molecular weight is 403 g/mol. The standard InChI is InChI=1S/C22H30N2OS2/c1-15-9-10-18(14-17(15)11-12-27(6,7)8)23-21(25)24-20-16(2)13-19(26-20)22(3,4)5/h9-10,13-14H,1-8H3,(H2,23,24,25). The summed E-state index contributed by atoms with van der Waals surface area (Å²) >= 11 is 1.63. The second-order valence-electron chi connectivity index (χ2n) is 8.55. The van der Waals surface area contributed by atoms with Crippen LogP contribution in [0.5, 0.6) is 0 Å². The summed E-state index contributed by atoms with van der Waals surface area (Å²) in [6, 6.07) is 7.76. The molecule has 0 radical (unpaired) electrons. The number of urea groups is 1. The second-order valence-corrected chi connectivity index (χ2v) is 13.5. The van der Waals surface area contributed by atoms with Gasteiger partial charge in [-0.15, -0.1) is 11.3 Å². The highest BCUT2D eigenvalue weighted by Gasteiger charge is 2.19. The first-order valence-electron chi connectivity index (χ1n) is 8.86. The van der Waals surface area contributed by atoms with E-state index >= 15 is 0 Å². The molecule has 0 saturated carbocycles. The lowest BCUT2D eigenvalue weighted by Crippen LogP contribution is -2.19. The van der Waals surface area contributed by atoms with Crippen molar-refractivity contribution in [3.05, 3.63) is 45.8 Å². The summed E-state index contributed by atoms with van der Waals surface area (Å²) in [5.41, 5.74) is 3.98. The normalized spacial score (nSPS) is 12.1. The molecule has 0 bridgehead atoms. The number of hydrogen-bond acceptors (Lipinski definition) is 2. The van der Waals surface area contributed by atoms with Gasteiger partial charge >= 0.3 is 6.03 Å². The number of thiophene rings is 1. The van der Waals surface area contributed by atoms with Crippen LogP contribution >= 0.6 is 21.4 Å². The number of carbonyl (C=O) groups is 1. The van der Waals surface area contributed by atoms with E-state index < -0.39 is 10.0 Å². The van der Waals surface area contributed by atoms with Gasteiger partial charge in [0.1, 0.15) is 0 Å². The number of nitrogens with one attached hydrogen (secondary N) is 2. The maximum atomic E-state index is 12.5. The number of benzene rings is 1. The molecule has 3 nitrogen and oxygen atoms in total. The molecule has 0 atom stereocenters. The maximum Gasteiger partial charge on any atom is 0.324 e. The summed E-state index contributed by atoms with van der Waals surface area (Å²) in [7, 11) is -0.890. The van der Waals surface area contributed by atoms with Gasteiger partial charge in [-0.1, -0.05) is 32.8 Å². The van der Waals surface area contributed by atoms with Crippen LogP contribution in [-0.2, 0) is 5.41 Å². The number of hydrogen-bond donors (Lipinski definition) is 2. The van der Waals surface area contributed by atoms with Gasteiger partial charge in [-0.25, -0.2) is 4.79 Å². The van der Waals surface area contributed by atoms with Gasteiger partial charge in [0, 0.05) is 16.1 Å². The molecule has 146 valence electrons. The Morgan fingerprint density at radius 3 is 2.26 bits per heavy atom. The van der Waals surface area contributed by atoms with E-state index in [0.717, 1.165) is 27.4 Å². The van der Waals surface area contributed by atoms with E-state index in [9.17, 15) is 4.79 Å². The van der Waals surface area contributed by atoms with E-state index in [0.29, 0.717) is 0 Å². The summed E-state index contributed by atoms with van der Waals surface area (Å²) in [4.78, 5) is 13.7. The Morgan fingerprint density at radius 2 is 1.70 bits per heavy atom. The van der Waals surface area contributed by atoms with Gasteiger partial charge in [0.2, 0.25) is 0 Å². The molecule has 0 fully saturated rings. The molecule has 1 aromatic carbocycles. The zero-order valence-electron chi connectivity index (χ0n) is 17.5. The van der Waals surface area contributed by atoms with Crippen molar-refractivity contribution in [2.75, 3.05) is 29.4 Å². The van der Waals surface area contributed by atoms with Gasteiger partial charge in [0.25, 0.3) is 0 Å². The average Bonchev–Trinajstić information content (AvgIpc) is 2.88. The molecule has 0 unspecified atom stereocenters. The predicted octanol–water partition coefficient (Wildman–Crippen LogP) is 6.31. The topological polar surface area (TPSA) is 41.1 Å². The van der Waals surface area contributed by atoms with E-state index in [1.807, 2.05) is 32.0 Å². The highest BCUT2D eigenvalue weighted by Crippen LogP contribution is 2.35. The van der Waals surface area contributed by atoms with Crippen molar-refractivity contribution < 1.29 is 4.79 Å². The van der Waals surface area contributed by atoms with Crippen LogP contribution in [0.25, 0.3) is 0 Å². The molecule has 2 amide bonds. The minimum absolute atomic E-state index is 0.0748. The third-order valence-electron chi connectivity index (χ3n) is 3.87. The molecule has 0 saturated heterocycles. The fraction of sp³-hybridized carbons (Fsp3) is 0.409. The lowest BCUT2D eigenvalue weighted by Gasteiger charge is -2.15. The molecular formula is C22H30N2OS2. The summed E-state index contributed by atoms with van der Waals surface area (Å²) in [6.07, 6.45) is 6.50. The predicted molar refractivity (Wildman–Crippen MR) is 124 cm³/mol. The van der Waals surface area contributed by atoms with Crippen LogP contribution in [-0.4, -0.2) is 24.8 Å². The van der Waals surface area contributed by atoms with Gasteiger partial charge in [-0.3, -0.25) is 5.32 Å². The van der Waals surface area contributed by atoms with Crippen LogP contribution in [0, 0.1) is 25.0 Å². The molecule has 27 heavy (non-hydrogen) atoms. The van der Waals surface area contributed by atoms with Crippen LogP contribution in [0.15, 0.2) is 24.3 Å². The fourth-order valence-electron chi connectivity index (χ4n) is 2.28. The Bertz CT molecular complexity index is 903. The van der Waals surface area contributed by atoms with Gasteiger partial charge < -0.3 is 5.32 Å². The first-order chi connectivity index (χ1) is 12.3. The number of anilines is 2. The third-order valence-corrected chi connectivity index (χ3v) is 6.16. The summed E-state index contributed by atoms with van der Waals surface area (Å²) < 4.78 is 0. The quantitative estimate of drug-likeness (QED) is 0.568. The minimum atomic E-state index is -0.890. The van der Waals surface area contributed by atoms with Gasteiger partial charge in [0.05, 0.1) is 5.00 Å². The Hall–Kier alpha value is -1.90. The first kappa shape index (κ1) is 21.4. The highest BCUT2D eigenvalue weighted by atomic mass is 32.3. The first-order valence-corrected chi connectivity index (χ1v) is 12.5. The van der Waals surface area contributed by atoms with Gasteiger partial charge in [-0.2, -0.15) is 10.0 Å². The molecule has 2 rings (SSSR count). The lowest BCUT2D eigenvalue weighted by atomic mass is 9.94. The van der Waals surface area contributed by atoms with Crippen molar-refractivity contribution in [2.45, 2.75) is 40.0 Å². The van der Waals surface area contributed by atoms with Crippen molar-refractivity contribution in [3.63, 3.8) is 0 Å². The summed E-state index contributed by atoms with van der Waals surface area (Å²) in [5.74, 6) is 3.26. The van der Waals surface area contributed by atoms with Crippen LogP contribution in [0.1, 0.15) is 42.3 Å². The molecule has 2 aromatic rings. The summed E-state index contributed by atoms with van der Waals surface area (Å²) in [5, 5.41) is 10.1. The molecule has 5 heteroatoms. The van der Waals surface area contributed by atoms with E-state index in [-0.39, 0.29) is 11.4 Å². The smallest absolute Gasteiger partial charge is 0.308 e. The molecular weight excluding hydrogens is 372 g/mol. The van der Waals surface area contributed by atoms with Crippen molar-refractivity contribution in [1.29, 1.82) is 0 Å². The molecule has 0 aliphatic heterocycles. The van der Waals surface area contributed by atoms with Crippen molar-refractivity contribution in [1.82, 2.24) is 0 Å². The monoisotopic (exact) mass is 402 g/mol. The fourth-order valence-corrected chi connectivity index (χ4v) is 3.83. The number of carbonyl (C=O) groups excluding carboxylic acids is 1. The van der Waals surface area contributed by atoms with Crippen LogP contribution in [0.3, 0.4) is 0 Å². The second kappa shape index (κ2) is 8.00. The van der Waals surface area contributed by atoms with Gasteiger partial charge in [-0.05, 0) is 72.6 Å². The SMILES string of the molecule is Cc1ccc(NC(=O)Nc2sc(C(C)(C)C)cc2C)cc1C#CS(C)(C)C. The Morgan fingerprint density at radius 1 is 1.04 bits per heavy atom. The van der Waals surface area contributed by atoms with Crippen LogP contribution in [0.4, 0.5) is 15.5 Å². The Labute approximate surface area is 169 Å². The van der Waals surface area contributed by atoms with Crippen LogP contribution in [0.2, 0.25) is 0 Å². The van der Waals surface area contributed by atoms with E-state index in [4.69, 9.17) is 0 Å². The number of aryl methyl sites for hydroxylation is 2. The van der Waals surface area contributed by atoms with Crippen LogP contribution < -0.4 is 10.6 Å². The Kier molecular flexibility index (Phi) is 6.34. The van der Waals surface area contributed by atoms with E-state index in [2.05, 4.69) is 67.4 Å². The van der Waals surface area contributed by atoms with E-state index in [1.54, 1.807) is 11.3 Å². The zero-order chi connectivity index (χ0) is 20.4. The largest absolute Gasteiger partial charge is 0.324 e. The molecule has 1 heterocycles. The van der Waals surface area contributed by atoms with Crippen molar-refractivity contribution in [3.8, 4) is 11.2 Å². The molecule has 0 spiro atoms. The van der Waals surface area contributed by atoms with Crippen molar-refractivity contribution >= 4 is 38.1 Å². The minimum Gasteiger partial charge on any atom is -0.308 e. The number of amides is 2. The highest BCUT2D eigenvalue weighted by molar-refractivity contribution is 8.35. The lowest BCUT2D eigenvalue weighted by molar-refractivity contribution is 0.262. The molecule has 0 aliphatic carbocycles. The zero-order valence-corrected chi connectivity index (χ0v) is 19.2. The van der Waals surface area contributed by atoms with Gasteiger partial charge in [0.15, 0.2) is 0 Å². The van der Waals surface area contributed by atoms with E-state index in [1.165, 1.54) is 4.88 Å². The molecule has 2 N–H and O–H groups in total. The summed E-state index contributed by atoms with van der Waals surface area (Å²) in [6.45, 7) is 10.6. The number of rotatable bonds is 2. The third kappa shape index (κ3) is 6.34. The van der Waals surface area contributed by atoms with Crippen molar-refractivity contribution in [2.24, 2.45) is 0 Å². The molecule has 0 aliphatic rings. The molecule has 1 aromatic heterocycles. The Balaban J connectivity index is 2.14. The maximum absolute atomic E-state index is 12.5.